The molecule has 6 heteroatoms. The Labute approximate surface area is 121 Å². The largest absolute Gasteiger partial charge is 0.282 e. The summed E-state index contributed by atoms with van der Waals surface area (Å²) in [5, 5.41) is 10.3. The molecule has 2 N–H and O–H groups in total. The molecule has 0 spiro atoms. The Morgan fingerprint density at radius 1 is 1.25 bits per heavy atom. The number of aromatic amines is 2. The van der Waals surface area contributed by atoms with E-state index < -0.39 is 0 Å². The number of hydrogen-bond donors (Lipinski definition) is 2. The fourth-order valence-electron chi connectivity index (χ4n) is 2.30. The first-order chi connectivity index (χ1) is 9.70. The van der Waals surface area contributed by atoms with E-state index in [2.05, 4.69) is 39.3 Å². The molecule has 1 aromatic carbocycles. The normalized spacial score (nSPS) is 10.9. The van der Waals surface area contributed by atoms with Gasteiger partial charge in [0, 0.05) is 0 Å². The summed E-state index contributed by atoms with van der Waals surface area (Å²) in [6.07, 6.45) is 2.78. The van der Waals surface area contributed by atoms with Crippen molar-refractivity contribution < 1.29 is 0 Å². The molecule has 0 saturated carbocycles. The van der Waals surface area contributed by atoms with Crippen LogP contribution in [0.25, 0.3) is 17.1 Å². The number of nitrogens with zero attached hydrogens (tertiary/aromatic N) is 3. The molecule has 0 saturated heterocycles. The summed E-state index contributed by atoms with van der Waals surface area (Å²) < 4.78 is 2.39. The van der Waals surface area contributed by atoms with Gasteiger partial charge < -0.3 is 0 Å². The number of H-pyrrole nitrogens is 2. The summed E-state index contributed by atoms with van der Waals surface area (Å²) in [7, 11) is 0. The Hall–Kier alpha value is -2.21. The first-order valence-corrected chi connectivity index (χ1v) is 6.89. The summed E-state index contributed by atoms with van der Waals surface area (Å²) in [6, 6.07) is 8.28. The molecule has 0 aliphatic rings. The average molecular weight is 285 g/mol. The Morgan fingerprint density at radius 2 is 2.05 bits per heavy atom. The Kier molecular flexibility index (Phi) is 3.23. The third-order valence-corrected chi connectivity index (χ3v) is 3.56. The highest BCUT2D eigenvalue weighted by molar-refractivity contribution is 7.71. The molecule has 0 radical (unpaired) electrons. The van der Waals surface area contributed by atoms with Crippen molar-refractivity contribution >= 4 is 12.2 Å². The van der Waals surface area contributed by atoms with Crippen LogP contribution in [-0.4, -0.2) is 25.0 Å². The summed E-state index contributed by atoms with van der Waals surface area (Å²) in [5.74, 6) is 0.715. The van der Waals surface area contributed by atoms with Crippen LogP contribution >= 0.6 is 12.2 Å². The monoisotopic (exact) mass is 285 g/mol. The molecule has 0 unspecified atom stereocenters. The third kappa shape index (κ3) is 2.08. The summed E-state index contributed by atoms with van der Waals surface area (Å²) in [4.78, 5) is 4.24. The van der Waals surface area contributed by atoms with Crippen molar-refractivity contribution in [1.82, 2.24) is 25.0 Å². The van der Waals surface area contributed by atoms with Crippen molar-refractivity contribution in [3.8, 4) is 17.1 Å². The number of aryl methyl sites for hydroxylation is 1. The van der Waals surface area contributed by atoms with E-state index in [4.69, 9.17) is 12.2 Å². The summed E-state index contributed by atoms with van der Waals surface area (Å²) in [5.41, 5.74) is 4.35. The van der Waals surface area contributed by atoms with Crippen LogP contribution in [0.1, 0.15) is 18.2 Å². The lowest BCUT2D eigenvalue weighted by Crippen LogP contribution is -2.02. The van der Waals surface area contributed by atoms with Crippen molar-refractivity contribution in [1.29, 1.82) is 0 Å². The fourth-order valence-corrected chi connectivity index (χ4v) is 2.44. The van der Waals surface area contributed by atoms with Crippen LogP contribution in [0.4, 0.5) is 0 Å². The minimum absolute atomic E-state index is 0.445. The molecule has 0 aliphatic heterocycles. The zero-order chi connectivity index (χ0) is 14.1. The van der Waals surface area contributed by atoms with Gasteiger partial charge in [-0.1, -0.05) is 25.1 Å². The second-order valence-electron chi connectivity index (χ2n) is 4.55. The van der Waals surface area contributed by atoms with Crippen molar-refractivity contribution in [2.75, 3.05) is 0 Å². The first-order valence-electron chi connectivity index (χ1n) is 6.48. The maximum Gasteiger partial charge on any atom is 0.213 e. The summed E-state index contributed by atoms with van der Waals surface area (Å²) >= 11 is 4.99. The molecule has 2 aromatic heterocycles. The molecule has 0 amide bonds. The van der Waals surface area contributed by atoms with E-state index in [-0.39, 0.29) is 0 Å². The van der Waals surface area contributed by atoms with E-state index in [9.17, 15) is 0 Å². The predicted octanol–water partition coefficient (Wildman–Crippen LogP) is 3.19. The van der Waals surface area contributed by atoms with E-state index in [0.29, 0.717) is 10.6 Å². The van der Waals surface area contributed by atoms with E-state index in [1.807, 2.05) is 29.9 Å². The molecule has 20 heavy (non-hydrogen) atoms. The van der Waals surface area contributed by atoms with Gasteiger partial charge in [0.15, 0.2) is 5.82 Å². The van der Waals surface area contributed by atoms with Gasteiger partial charge in [-0.3, -0.25) is 10.2 Å². The molecular weight excluding hydrogens is 270 g/mol. The van der Waals surface area contributed by atoms with Gasteiger partial charge >= 0.3 is 0 Å². The Morgan fingerprint density at radius 3 is 2.75 bits per heavy atom. The minimum Gasteiger partial charge on any atom is -0.282 e. The van der Waals surface area contributed by atoms with Crippen molar-refractivity contribution in [2.24, 2.45) is 0 Å². The standard InChI is InChI=1S/C14H15N5S/c1-3-10-6-4-5-7-12(10)19-9(2)11(8-15-19)13-16-14(20)18-17-13/h4-8H,3H2,1-2H3,(H2,16,17,18,20). The quantitative estimate of drug-likeness (QED) is 0.726. The van der Waals surface area contributed by atoms with E-state index in [1.54, 1.807) is 0 Å². The highest BCUT2D eigenvalue weighted by Crippen LogP contribution is 2.23. The highest BCUT2D eigenvalue weighted by Gasteiger charge is 2.13. The van der Waals surface area contributed by atoms with Crippen LogP contribution in [0, 0.1) is 11.7 Å². The Bertz CT molecular complexity index is 796. The fraction of sp³-hybridized carbons (Fsp3) is 0.214. The van der Waals surface area contributed by atoms with Gasteiger partial charge in [0.05, 0.1) is 23.1 Å². The van der Waals surface area contributed by atoms with Crippen LogP contribution < -0.4 is 0 Å². The van der Waals surface area contributed by atoms with E-state index >= 15 is 0 Å². The number of aromatic nitrogens is 5. The van der Waals surface area contributed by atoms with Gasteiger partial charge in [0.2, 0.25) is 4.77 Å². The molecule has 5 nitrogen and oxygen atoms in total. The number of rotatable bonds is 3. The van der Waals surface area contributed by atoms with Crippen LogP contribution in [0.2, 0.25) is 0 Å². The lowest BCUT2D eigenvalue weighted by atomic mass is 10.1. The maximum atomic E-state index is 4.99. The molecule has 3 aromatic rings. The van der Waals surface area contributed by atoms with Gasteiger partial charge in [-0.2, -0.15) is 10.1 Å². The highest BCUT2D eigenvalue weighted by atomic mass is 32.1. The predicted molar refractivity (Wildman–Crippen MR) is 80.4 cm³/mol. The SMILES string of the molecule is CCc1ccccc1-n1ncc(-c2nc(=S)[nH][nH]2)c1C. The Balaban J connectivity index is 2.13. The number of para-hydroxylation sites is 1. The maximum absolute atomic E-state index is 4.99. The lowest BCUT2D eigenvalue weighted by molar-refractivity contribution is 0.832. The molecule has 0 aliphatic carbocycles. The van der Waals surface area contributed by atoms with Crippen molar-refractivity contribution in [3.05, 3.63) is 46.5 Å². The van der Waals surface area contributed by atoms with Crippen molar-refractivity contribution in [3.63, 3.8) is 0 Å². The van der Waals surface area contributed by atoms with Gasteiger partial charge in [-0.15, -0.1) is 0 Å². The second-order valence-corrected chi connectivity index (χ2v) is 4.94. The minimum atomic E-state index is 0.445. The van der Waals surface area contributed by atoms with Gasteiger partial charge in [-0.05, 0) is 37.2 Å². The summed E-state index contributed by atoms with van der Waals surface area (Å²) in [6.45, 7) is 4.17. The van der Waals surface area contributed by atoms with Crippen LogP contribution in [-0.2, 0) is 6.42 Å². The van der Waals surface area contributed by atoms with Crippen molar-refractivity contribution in [2.45, 2.75) is 20.3 Å². The molecule has 0 fully saturated rings. The molecule has 2 heterocycles. The molecular formula is C14H15N5S. The average Bonchev–Trinajstić information content (AvgIpc) is 3.05. The van der Waals surface area contributed by atoms with Gasteiger partial charge in [0.25, 0.3) is 0 Å². The lowest BCUT2D eigenvalue weighted by Gasteiger charge is -2.09. The van der Waals surface area contributed by atoms with Crippen LogP contribution in [0.15, 0.2) is 30.5 Å². The second kappa shape index (κ2) is 5.05. The zero-order valence-electron chi connectivity index (χ0n) is 11.3. The zero-order valence-corrected chi connectivity index (χ0v) is 12.2. The first kappa shape index (κ1) is 12.8. The van der Waals surface area contributed by atoms with E-state index in [0.717, 1.165) is 23.4 Å². The molecule has 0 bridgehead atoms. The molecule has 102 valence electrons. The van der Waals surface area contributed by atoms with Crippen LogP contribution in [0.5, 0.6) is 0 Å². The number of nitrogens with one attached hydrogen (secondary N) is 2. The topological polar surface area (TPSA) is 62.3 Å². The van der Waals surface area contributed by atoms with Crippen LogP contribution in [0.3, 0.4) is 0 Å². The molecule has 0 atom stereocenters. The number of hydrogen-bond acceptors (Lipinski definition) is 3. The van der Waals surface area contributed by atoms with E-state index in [1.165, 1.54) is 5.56 Å². The third-order valence-electron chi connectivity index (χ3n) is 3.37. The van der Waals surface area contributed by atoms with Gasteiger partial charge in [-0.25, -0.2) is 4.68 Å². The molecule has 3 rings (SSSR count). The smallest absolute Gasteiger partial charge is 0.213 e. The number of benzene rings is 1. The van der Waals surface area contributed by atoms with Gasteiger partial charge in [0.1, 0.15) is 0 Å².